The number of nitrogens with zero attached hydrogens (tertiary/aromatic N) is 2. The Morgan fingerprint density at radius 2 is 2.14 bits per heavy atom. The minimum absolute atomic E-state index is 0.563. The van der Waals surface area contributed by atoms with Gasteiger partial charge in [-0.2, -0.15) is 16.3 Å². The molecule has 0 aliphatic heterocycles. The molecule has 0 fully saturated rings. The number of benzene rings is 1. The maximum atomic E-state index is 5.34. The van der Waals surface area contributed by atoms with Gasteiger partial charge in [-0.1, -0.05) is 17.3 Å². The molecule has 22 heavy (non-hydrogen) atoms. The topological polar surface area (TPSA) is 51.0 Å². The normalized spacial score (nSPS) is 13.8. The molecular weight excluding hydrogens is 294 g/mol. The lowest BCUT2D eigenvalue weighted by Crippen LogP contribution is -2.08. The molecule has 1 N–H and O–H groups in total. The number of hydrogen-bond donors (Lipinski definition) is 1. The maximum absolute atomic E-state index is 5.34. The number of aromatic nitrogens is 2. The van der Waals surface area contributed by atoms with E-state index < -0.39 is 0 Å². The standard InChI is InChI=1S/C17H17N3OS/c1-2-6-14-12(4-1)5-3-7-15(14)18-10-16-19-17(20-21-16)13-8-9-22-11-13/h3,5,7-9,11,18H,1-2,4,6,10H2. The van der Waals surface area contributed by atoms with Crippen molar-refractivity contribution >= 4 is 17.0 Å². The average Bonchev–Trinajstić information content (AvgIpc) is 3.24. The summed E-state index contributed by atoms with van der Waals surface area (Å²) in [5.41, 5.74) is 5.14. The highest BCUT2D eigenvalue weighted by atomic mass is 32.1. The van der Waals surface area contributed by atoms with Crippen molar-refractivity contribution in [3.05, 3.63) is 52.0 Å². The molecule has 2 aromatic heterocycles. The van der Waals surface area contributed by atoms with Gasteiger partial charge in [0.2, 0.25) is 11.7 Å². The summed E-state index contributed by atoms with van der Waals surface area (Å²) in [6.07, 6.45) is 4.91. The zero-order valence-electron chi connectivity index (χ0n) is 12.2. The van der Waals surface area contributed by atoms with Crippen LogP contribution in [0.25, 0.3) is 11.4 Å². The first-order chi connectivity index (χ1) is 10.9. The highest BCUT2D eigenvalue weighted by Crippen LogP contribution is 2.28. The molecule has 0 amide bonds. The van der Waals surface area contributed by atoms with Crippen molar-refractivity contribution in [3.8, 4) is 11.4 Å². The van der Waals surface area contributed by atoms with Gasteiger partial charge in [0.1, 0.15) is 0 Å². The van der Waals surface area contributed by atoms with Crippen LogP contribution >= 0.6 is 11.3 Å². The molecule has 0 spiro atoms. The number of nitrogens with one attached hydrogen (secondary N) is 1. The highest BCUT2D eigenvalue weighted by molar-refractivity contribution is 7.08. The van der Waals surface area contributed by atoms with Crippen LogP contribution in [0.5, 0.6) is 0 Å². The molecule has 4 rings (SSSR count). The molecular formula is C17H17N3OS. The average molecular weight is 311 g/mol. The van der Waals surface area contributed by atoms with Crippen LogP contribution in [0, 0.1) is 0 Å². The van der Waals surface area contributed by atoms with E-state index >= 15 is 0 Å². The second kappa shape index (κ2) is 5.93. The minimum atomic E-state index is 0.563. The van der Waals surface area contributed by atoms with Gasteiger partial charge in [0.05, 0.1) is 6.54 Å². The van der Waals surface area contributed by atoms with E-state index in [2.05, 4.69) is 33.7 Å². The quantitative estimate of drug-likeness (QED) is 0.781. The van der Waals surface area contributed by atoms with E-state index in [-0.39, 0.29) is 0 Å². The van der Waals surface area contributed by atoms with Crippen LogP contribution in [0.15, 0.2) is 39.5 Å². The monoisotopic (exact) mass is 311 g/mol. The fourth-order valence-corrected chi connectivity index (χ4v) is 3.59. The van der Waals surface area contributed by atoms with Crippen LogP contribution in [0.4, 0.5) is 5.69 Å². The van der Waals surface area contributed by atoms with Crippen LogP contribution in [0.3, 0.4) is 0 Å². The summed E-state index contributed by atoms with van der Waals surface area (Å²) in [6.45, 7) is 0.563. The second-order valence-electron chi connectivity index (χ2n) is 5.53. The zero-order chi connectivity index (χ0) is 14.8. The number of anilines is 1. The van der Waals surface area contributed by atoms with Crippen molar-refractivity contribution in [2.45, 2.75) is 32.2 Å². The minimum Gasteiger partial charge on any atom is -0.376 e. The van der Waals surface area contributed by atoms with Crippen molar-refractivity contribution in [2.24, 2.45) is 0 Å². The molecule has 1 aliphatic rings. The van der Waals surface area contributed by atoms with Crippen molar-refractivity contribution in [3.63, 3.8) is 0 Å². The van der Waals surface area contributed by atoms with E-state index in [1.165, 1.54) is 36.1 Å². The fraction of sp³-hybridized carbons (Fsp3) is 0.294. The van der Waals surface area contributed by atoms with E-state index in [0.717, 1.165) is 12.0 Å². The first-order valence-corrected chi connectivity index (χ1v) is 8.54. The molecule has 2 heterocycles. The molecule has 0 atom stereocenters. The first-order valence-electron chi connectivity index (χ1n) is 7.60. The van der Waals surface area contributed by atoms with Gasteiger partial charge in [-0.15, -0.1) is 0 Å². The zero-order valence-corrected chi connectivity index (χ0v) is 13.0. The molecule has 1 aromatic carbocycles. The molecule has 4 nitrogen and oxygen atoms in total. The largest absolute Gasteiger partial charge is 0.376 e. The third-order valence-corrected chi connectivity index (χ3v) is 4.76. The third kappa shape index (κ3) is 2.64. The predicted octanol–water partition coefficient (Wildman–Crippen LogP) is 4.29. The van der Waals surface area contributed by atoms with E-state index in [1.54, 1.807) is 11.3 Å². The Morgan fingerprint density at radius 3 is 3.05 bits per heavy atom. The number of rotatable bonds is 4. The van der Waals surface area contributed by atoms with Gasteiger partial charge in [-0.05, 0) is 54.3 Å². The second-order valence-corrected chi connectivity index (χ2v) is 6.31. The molecule has 0 saturated carbocycles. The Balaban J connectivity index is 1.49. The van der Waals surface area contributed by atoms with Gasteiger partial charge < -0.3 is 9.84 Å². The van der Waals surface area contributed by atoms with E-state index in [0.29, 0.717) is 18.3 Å². The van der Waals surface area contributed by atoms with Gasteiger partial charge >= 0.3 is 0 Å². The lowest BCUT2D eigenvalue weighted by atomic mass is 9.90. The summed E-state index contributed by atoms with van der Waals surface area (Å²) in [5, 5.41) is 11.5. The Labute approximate surface area is 133 Å². The Hall–Kier alpha value is -2.14. The molecule has 5 heteroatoms. The van der Waals surface area contributed by atoms with Crippen molar-refractivity contribution < 1.29 is 4.52 Å². The molecule has 3 aromatic rings. The van der Waals surface area contributed by atoms with E-state index in [4.69, 9.17) is 4.52 Å². The molecule has 1 aliphatic carbocycles. The molecule has 0 bridgehead atoms. The van der Waals surface area contributed by atoms with Crippen molar-refractivity contribution in [1.82, 2.24) is 10.1 Å². The molecule has 112 valence electrons. The van der Waals surface area contributed by atoms with Crippen LogP contribution in [-0.4, -0.2) is 10.1 Å². The Bertz CT molecular complexity index is 764. The lowest BCUT2D eigenvalue weighted by Gasteiger charge is -2.19. The van der Waals surface area contributed by atoms with Crippen LogP contribution < -0.4 is 5.32 Å². The highest BCUT2D eigenvalue weighted by Gasteiger charge is 2.14. The predicted molar refractivity (Wildman–Crippen MR) is 88.0 cm³/mol. The van der Waals surface area contributed by atoms with Crippen LogP contribution in [0.2, 0.25) is 0 Å². The van der Waals surface area contributed by atoms with Gasteiger partial charge in [-0.25, -0.2) is 0 Å². The smallest absolute Gasteiger partial charge is 0.246 e. The summed E-state index contributed by atoms with van der Waals surface area (Å²) in [5.74, 6) is 1.28. The third-order valence-electron chi connectivity index (χ3n) is 4.07. The van der Waals surface area contributed by atoms with Crippen LogP contribution in [-0.2, 0) is 19.4 Å². The molecule has 0 saturated heterocycles. The molecule has 0 radical (unpaired) electrons. The summed E-state index contributed by atoms with van der Waals surface area (Å²) < 4.78 is 5.34. The van der Waals surface area contributed by atoms with E-state index in [9.17, 15) is 0 Å². The number of aryl methyl sites for hydroxylation is 1. The van der Waals surface area contributed by atoms with Gasteiger partial charge in [0.25, 0.3) is 0 Å². The van der Waals surface area contributed by atoms with E-state index in [1.807, 2.05) is 16.8 Å². The summed E-state index contributed by atoms with van der Waals surface area (Å²) in [7, 11) is 0. The van der Waals surface area contributed by atoms with Crippen LogP contribution in [0.1, 0.15) is 29.9 Å². The lowest BCUT2D eigenvalue weighted by molar-refractivity contribution is 0.384. The number of hydrogen-bond acceptors (Lipinski definition) is 5. The summed E-state index contributed by atoms with van der Waals surface area (Å²) in [4.78, 5) is 4.45. The number of thiophene rings is 1. The fourth-order valence-electron chi connectivity index (χ4n) is 2.95. The Morgan fingerprint density at radius 1 is 1.18 bits per heavy atom. The summed E-state index contributed by atoms with van der Waals surface area (Å²) in [6, 6.07) is 8.50. The Kier molecular flexibility index (Phi) is 3.64. The van der Waals surface area contributed by atoms with Gasteiger partial charge in [0.15, 0.2) is 0 Å². The van der Waals surface area contributed by atoms with Crippen molar-refractivity contribution in [1.29, 1.82) is 0 Å². The maximum Gasteiger partial charge on any atom is 0.246 e. The SMILES string of the molecule is c1cc2c(c(NCc3nc(-c4ccsc4)no3)c1)CCCC2. The van der Waals surface area contributed by atoms with Crippen molar-refractivity contribution in [2.75, 3.05) is 5.32 Å². The first kappa shape index (κ1) is 13.5. The summed E-state index contributed by atoms with van der Waals surface area (Å²) >= 11 is 1.63. The molecule has 0 unspecified atom stereocenters. The van der Waals surface area contributed by atoms with Gasteiger partial charge in [-0.3, -0.25) is 0 Å². The number of fused-ring (bicyclic) bond motifs is 1. The van der Waals surface area contributed by atoms with Gasteiger partial charge in [0, 0.05) is 16.6 Å².